The molecule has 1 N–H and O–H groups in total. The Morgan fingerprint density at radius 1 is 1.04 bits per heavy atom. The van der Waals surface area contributed by atoms with Crippen LogP contribution >= 0.6 is 0 Å². The highest BCUT2D eigenvalue weighted by Crippen LogP contribution is 2.23. The Balaban J connectivity index is 1.76. The molecule has 0 fully saturated rings. The molecule has 0 saturated heterocycles. The number of hydrogen-bond acceptors (Lipinski definition) is 5. The number of hydrogen-bond donors (Lipinski definition) is 1. The van der Waals surface area contributed by atoms with Crippen molar-refractivity contribution >= 4 is 11.9 Å². The number of amides is 1. The van der Waals surface area contributed by atoms with Gasteiger partial charge in [0.05, 0.1) is 13.4 Å². The Hall–Kier alpha value is -3.54. The van der Waals surface area contributed by atoms with Crippen molar-refractivity contribution in [2.24, 2.45) is 0 Å². The van der Waals surface area contributed by atoms with Crippen LogP contribution in [0.4, 0.5) is 0 Å². The Morgan fingerprint density at radius 3 is 2.36 bits per heavy atom. The van der Waals surface area contributed by atoms with Gasteiger partial charge in [-0.15, -0.1) is 0 Å². The van der Waals surface area contributed by atoms with E-state index in [9.17, 15) is 9.59 Å². The summed E-state index contributed by atoms with van der Waals surface area (Å²) in [6, 6.07) is 17.7. The van der Waals surface area contributed by atoms with Crippen molar-refractivity contribution in [2.45, 2.75) is 19.6 Å². The maximum atomic E-state index is 12.8. The molecule has 2 aromatic carbocycles. The summed E-state index contributed by atoms with van der Waals surface area (Å²) in [6.07, 6.45) is 0.255. The molecule has 6 heteroatoms. The van der Waals surface area contributed by atoms with Gasteiger partial charge in [0.15, 0.2) is 0 Å². The van der Waals surface area contributed by atoms with Crippen LogP contribution in [-0.4, -0.2) is 19.0 Å². The van der Waals surface area contributed by atoms with Crippen molar-refractivity contribution < 1.29 is 23.5 Å². The normalized spacial score (nSPS) is 11.5. The molecule has 0 saturated carbocycles. The Morgan fingerprint density at radius 2 is 1.75 bits per heavy atom. The van der Waals surface area contributed by atoms with Crippen molar-refractivity contribution in [1.82, 2.24) is 5.32 Å². The van der Waals surface area contributed by atoms with E-state index >= 15 is 0 Å². The van der Waals surface area contributed by atoms with Gasteiger partial charge in [-0.2, -0.15) is 0 Å². The lowest BCUT2D eigenvalue weighted by atomic mass is 10.1. The van der Waals surface area contributed by atoms with Gasteiger partial charge in [0, 0.05) is 12.1 Å². The predicted molar refractivity (Wildman–Crippen MR) is 103 cm³/mol. The summed E-state index contributed by atoms with van der Waals surface area (Å²) >= 11 is 0. The van der Waals surface area contributed by atoms with Crippen molar-refractivity contribution in [1.29, 1.82) is 0 Å². The van der Waals surface area contributed by atoms with Crippen LogP contribution in [-0.2, 0) is 16.1 Å². The van der Waals surface area contributed by atoms with Crippen molar-refractivity contribution in [3.05, 3.63) is 89.4 Å². The minimum atomic E-state index is -1.12. The Labute approximate surface area is 163 Å². The van der Waals surface area contributed by atoms with E-state index in [4.69, 9.17) is 13.9 Å². The first-order valence-electron chi connectivity index (χ1n) is 8.78. The van der Waals surface area contributed by atoms with Crippen molar-refractivity contribution in [3.63, 3.8) is 0 Å². The van der Waals surface area contributed by atoms with Crippen LogP contribution in [0.15, 0.2) is 71.3 Å². The average Bonchev–Trinajstić information content (AvgIpc) is 3.26. The zero-order valence-corrected chi connectivity index (χ0v) is 15.7. The van der Waals surface area contributed by atoms with Crippen LogP contribution in [0.5, 0.6) is 5.75 Å². The van der Waals surface area contributed by atoms with E-state index in [0.29, 0.717) is 17.9 Å². The summed E-state index contributed by atoms with van der Waals surface area (Å²) in [5.74, 6) is -0.466. The van der Waals surface area contributed by atoms with Crippen LogP contribution in [0.25, 0.3) is 0 Å². The standard InChI is InChI=1S/C22H21NO5/c1-15-5-7-16(8-6-15)14-23-21(24)20(17-9-11-18(26-2)12-10-17)28-22(25)19-4-3-13-27-19/h3-13,20H,14H2,1-2H3,(H,23,24). The molecule has 0 radical (unpaired) electrons. The van der Waals surface area contributed by atoms with E-state index in [2.05, 4.69) is 5.32 Å². The van der Waals surface area contributed by atoms with Crippen LogP contribution in [0.3, 0.4) is 0 Å². The zero-order chi connectivity index (χ0) is 19.9. The topological polar surface area (TPSA) is 77.8 Å². The number of benzene rings is 2. The van der Waals surface area contributed by atoms with Crippen LogP contribution < -0.4 is 10.1 Å². The molecule has 3 rings (SSSR count). The van der Waals surface area contributed by atoms with Gasteiger partial charge < -0.3 is 19.2 Å². The van der Waals surface area contributed by atoms with Gasteiger partial charge in [0.1, 0.15) is 5.75 Å². The lowest BCUT2D eigenvalue weighted by Gasteiger charge is -2.18. The fourth-order valence-electron chi connectivity index (χ4n) is 2.60. The molecular weight excluding hydrogens is 358 g/mol. The van der Waals surface area contributed by atoms with Crippen molar-refractivity contribution in [3.8, 4) is 5.75 Å². The molecule has 0 aliphatic carbocycles. The van der Waals surface area contributed by atoms with Gasteiger partial charge in [-0.3, -0.25) is 4.79 Å². The van der Waals surface area contributed by atoms with E-state index in [1.54, 1.807) is 37.4 Å². The first-order valence-corrected chi connectivity index (χ1v) is 8.78. The minimum Gasteiger partial charge on any atom is -0.497 e. The summed E-state index contributed by atoms with van der Waals surface area (Å²) in [5, 5.41) is 2.82. The molecule has 1 heterocycles. The summed E-state index contributed by atoms with van der Waals surface area (Å²) < 4.78 is 15.6. The largest absolute Gasteiger partial charge is 0.497 e. The molecule has 0 spiro atoms. The number of methoxy groups -OCH3 is 1. The highest BCUT2D eigenvalue weighted by atomic mass is 16.6. The van der Waals surface area contributed by atoms with Gasteiger partial charge in [-0.1, -0.05) is 42.0 Å². The predicted octanol–water partition coefficient (Wildman–Crippen LogP) is 3.81. The number of aryl methyl sites for hydroxylation is 1. The van der Waals surface area contributed by atoms with Gasteiger partial charge in [0.25, 0.3) is 5.91 Å². The van der Waals surface area contributed by atoms with E-state index in [-0.39, 0.29) is 5.76 Å². The molecule has 0 aliphatic rings. The van der Waals surface area contributed by atoms with Gasteiger partial charge in [-0.05, 0) is 36.8 Å². The fraction of sp³-hybridized carbons (Fsp3) is 0.182. The first kappa shape index (κ1) is 19.2. The quantitative estimate of drug-likeness (QED) is 0.632. The molecule has 0 aliphatic heterocycles. The number of esters is 1. The molecule has 1 atom stereocenters. The number of furan rings is 1. The fourth-order valence-corrected chi connectivity index (χ4v) is 2.60. The number of nitrogens with one attached hydrogen (secondary N) is 1. The third kappa shape index (κ3) is 4.79. The van der Waals surface area contributed by atoms with E-state index in [0.717, 1.165) is 11.1 Å². The molecule has 144 valence electrons. The van der Waals surface area contributed by atoms with Crippen LogP contribution in [0.1, 0.15) is 33.3 Å². The summed E-state index contributed by atoms with van der Waals surface area (Å²) in [5.41, 5.74) is 2.62. The summed E-state index contributed by atoms with van der Waals surface area (Å²) in [6.45, 7) is 2.32. The maximum absolute atomic E-state index is 12.8. The van der Waals surface area contributed by atoms with Crippen LogP contribution in [0.2, 0.25) is 0 Å². The molecule has 1 aromatic heterocycles. The SMILES string of the molecule is COc1ccc(C(OC(=O)c2ccco2)C(=O)NCc2ccc(C)cc2)cc1. The lowest BCUT2D eigenvalue weighted by Crippen LogP contribution is -2.31. The summed E-state index contributed by atoms with van der Waals surface area (Å²) in [7, 11) is 1.55. The number of rotatable bonds is 7. The second-order valence-corrected chi connectivity index (χ2v) is 6.24. The van der Waals surface area contributed by atoms with E-state index in [1.807, 2.05) is 31.2 Å². The molecule has 1 amide bonds. The first-order chi connectivity index (χ1) is 13.6. The second kappa shape index (κ2) is 8.90. The van der Waals surface area contributed by atoms with Crippen LogP contribution in [0, 0.1) is 6.92 Å². The van der Waals surface area contributed by atoms with Crippen molar-refractivity contribution in [2.75, 3.05) is 7.11 Å². The number of carbonyl (C=O) groups is 2. The molecule has 3 aromatic rings. The molecule has 0 bridgehead atoms. The molecule has 28 heavy (non-hydrogen) atoms. The van der Waals surface area contributed by atoms with Gasteiger partial charge in [-0.25, -0.2) is 4.79 Å². The average molecular weight is 379 g/mol. The van der Waals surface area contributed by atoms with E-state index < -0.39 is 18.0 Å². The smallest absolute Gasteiger partial charge is 0.375 e. The van der Waals surface area contributed by atoms with Gasteiger partial charge in [0.2, 0.25) is 11.9 Å². The maximum Gasteiger partial charge on any atom is 0.375 e. The number of ether oxygens (including phenoxy) is 2. The monoisotopic (exact) mass is 379 g/mol. The molecule has 1 unspecified atom stereocenters. The third-order valence-electron chi connectivity index (χ3n) is 4.19. The third-order valence-corrected chi connectivity index (χ3v) is 4.19. The highest BCUT2D eigenvalue weighted by Gasteiger charge is 2.26. The van der Waals surface area contributed by atoms with Gasteiger partial charge >= 0.3 is 5.97 Å². The Kier molecular flexibility index (Phi) is 6.11. The summed E-state index contributed by atoms with van der Waals surface area (Å²) in [4.78, 5) is 25.1. The second-order valence-electron chi connectivity index (χ2n) is 6.24. The minimum absolute atomic E-state index is 0.0323. The zero-order valence-electron chi connectivity index (χ0n) is 15.7. The number of carbonyl (C=O) groups excluding carboxylic acids is 2. The molecular formula is C22H21NO5. The highest BCUT2D eigenvalue weighted by molar-refractivity contribution is 5.90. The Bertz CT molecular complexity index is 915. The molecule has 6 nitrogen and oxygen atoms in total. The van der Waals surface area contributed by atoms with E-state index in [1.165, 1.54) is 12.3 Å². The lowest BCUT2D eigenvalue weighted by molar-refractivity contribution is -0.130.